The lowest BCUT2D eigenvalue weighted by Crippen LogP contribution is -2.25. The molecule has 0 radical (unpaired) electrons. The van der Waals surface area contributed by atoms with Crippen LogP contribution in [0.2, 0.25) is 0 Å². The second-order valence-electron chi connectivity index (χ2n) is 4.55. The smallest absolute Gasteiger partial charge is 0.270 e. The number of hydrogen-bond donors (Lipinski definition) is 3. The third kappa shape index (κ3) is 4.76. The van der Waals surface area contributed by atoms with Gasteiger partial charge in [0.15, 0.2) is 5.13 Å². The molecule has 0 saturated carbocycles. The molecule has 0 aliphatic carbocycles. The Morgan fingerprint density at radius 1 is 1.26 bits per heavy atom. The molecule has 0 aliphatic heterocycles. The maximum absolute atomic E-state index is 12.1. The summed E-state index contributed by atoms with van der Waals surface area (Å²) in [5, 5.41) is 15.9. The van der Waals surface area contributed by atoms with E-state index in [1.54, 1.807) is 36.8 Å². The van der Waals surface area contributed by atoms with Crippen molar-refractivity contribution in [2.75, 3.05) is 25.6 Å². The molecule has 0 atom stereocenters. The van der Waals surface area contributed by atoms with Gasteiger partial charge >= 0.3 is 0 Å². The lowest BCUT2D eigenvalue weighted by molar-refractivity contribution is 0.0945. The van der Waals surface area contributed by atoms with Gasteiger partial charge < -0.3 is 15.2 Å². The van der Waals surface area contributed by atoms with Gasteiger partial charge in [-0.3, -0.25) is 14.9 Å². The molecule has 1 aromatic carbocycles. The van der Waals surface area contributed by atoms with Gasteiger partial charge in [-0.15, -0.1) is 11.3 Å². The topological polar surface area (TPSA) is 101 Å². The molecule has 1 heterocycles. The summed E-state index contributed by atoms with van der Waals surface area (Å²) in [6.07, 6.45) is 0.483. The first-order valence-corrected chi connectivity index (χ1v) is 7.82. The molecule has 0 saturated heterocycles. The van der Waals surface area contributed by atoms with Crippen molar-refractivity contribution >= 4 is 28.3 Å². The molecule has 23 heavy (non-hydrogen) atoms. The van der Waals surface area contributed by atoms with Gasteiger partial charge in [-0.05, 0) is 30.7 Å². The van der Waals surface area contributed by atoms with E-state index in [0.717, 1.165) is 0 Å². The zero-order chi connectivity index (χ0) is 16.7. The number of benzene rings is 1. The molecule has 0 unspecified atom stereocenters. The van der Waals surface area contributed by atoms with E-state index in [-0.39, 0.29) is 24.1 Å². The molecule has 0 aliphatic rings. The summed E-state index contributed by atoms with van der Waals surface area (Å²) >= 11 is 1.17. The predicted molar refractivity (Wildman–Crippen MR) is 87.1 cm³/mol. The quantitative estimate of drug-likeness (QED) is 0.666. The van der Waals surface area contributed by atoms with Crippen LogP contribution in [0.4, 0.5) is 5.13 Å². The molecule has 2 amide bonds. The number of aromatic nitrogens is 1. The second kappa shape index (κ2) is 8.25. The SMILES string of the molecule is COc1ccc(C(=O)Nc2nc(C(=O)NCCCO)cs2)cc1. The highest BCUT2D eigenvalue weighted by molar-refractivity contribution is 7.14. The van der Waals surface area contributed by atoms with Crippen molar-refractivity contribution in [2.45, 2.75) is 6.42 Å². The van der Waals surface area contributed by atoms with Gasteiger partial charge in [-0.25, -0.2) is 4.98 Å². The van der Waals surface area contributed by atoms with E-state index in [0.29, 0.717) is 29.4 Å². The van der Waals surface area contributed by atoms with E-state index in [1.807, 2.05) is 0 Å². The number of rotatable bonds is 7. The molecule has 8 heteroatoms. The first kappa shape index (κ1) is 16.9. The second-order valence-corrected chi connectivity index (χ2v) is 5.41. The molecular weight excluding hydrogens is 318 g/mol. The number of nitrogens with zero attached hydrogens (tertiary/aromatic N) is 1. The van der Waals surface area contributed by atoms with Crippen molar-refractivity contribution in [1.29, 1.82) is 0 Å². The average Bonchev–Trinajstić information content (AvgIpc) is 3.03. The number of aliphatic hydroxyl groups is 1. The summed E-state index contributed by atoms with van der Waals surface area (Å²) in [4.78, 5) is 27.9. The summed E-state index contributed by atoms with van der Waals surface area (Å²) in [6.45, 7) is 0.390. The van der Waals surface area contributed by atoms with Crippen LogP contribution >= 0.6 is 11.3 Å². The first-order chi connectivity index (χ1) is 11.1. The Kier molecular flexibility index (Phi) is 6.07. The molecule has 122 valence electrons. The van der Waals surface area contributed by atoms with E-state index in [1.165, 1.54) is 11.3 Å². The van der Waals surface area contributed by atoms with E-state index < -0.39 is 0 Å². The summed E-state index contributed by atoms with van der Waals surface area (Å²) in [6, 6.07) is 6.67. The van der Waals surface area contributed by atoms with Crippen molar-refractivity contribution in [3.63, 3.8) is 0 Å². The summed E-state index contributed by atoms with van der Waals surface area (Å²) in [5.74, 6) is 0.0199. The molecule has 7 nitrogen and oxygen atoms in total. The monoisotopic (exact) mass is 335 g/mol. The molecule has 2 rings (SSSR count). The normalized spacial score (nSPS) is 10.2. The number of carbonyl (C=O) groups excluding carboxylic acids is 2. The third-order valence-electron chi connectivity index (χ3n) is 2.93. The summed E-state index contributed by atoms with van der Waals surface area (Å²) in [5.41, 5.74) is 0.702. The molecule has 0 bridgehead atoms. The molecule has 3 N–H and O–H groups in total. The van der Waals surface area contributed by atoms with E-state index in [2.05, 4.69) is 15.6 Å². The van der Waals surface area contributed by atoms with Crippen molar-refractivity contribution in [3.8, 4) is 5.75 Å². The summed E-state index contributed by atoms with van der Waals surface area (Å²) < 4.78 is 5.04. The minimum absolute atomic E-state index is 0.0144. The number of carbonyl (C=O) groups is 2. The van der Waals surface area contributed by atoms with Crippen molar-refractivity contribution in [3.05, 3.63) is 40.9 Å². The van der Waals surface area contributed by atoms with Gasteiger partial charge in [0.05, 0.1) is 7.11 Å². The van der Waals surface area contributed by atoms with Gasteiger partial charge in [-0.2, -0.15) is 0 Å². The highest BCUT2D eigenvalue weighted by Crippen LogP contribution is 2.17. The van der Waals surface area contributed by atoms with Crippen LogP contribution in [0.3, 0.4) is 0 Å². The van der Waals surface area contributed by atoms with E-state index in [4.69, 9.17) is 9.84 Å². The lowest BCUT2D eigenvalue weighted by atomic mass is 10.2. The molecule has 0 fully saturated rings. The average molecular weight is 335 g/mol. The lowest BCUT2D eigenvalue weighted by Gasteiger charge is -2.03. The highest BCUT2D eigenvalue weighted by Gasteiger charge is 2.13. The number of ether oxygens (including phenoxy) is 1. The number of nitrogens with one attached hydrogen (secondary N) is 2. The third-order valence-corrected chi connectivity index (χ3v) is 3.69. The number of aliphatic hydroxyl groups excluding tert-OH is 1. The summed E-state index contributed by atoms with van der Waals surface area (Å²) in [7, 11) is 1.55. The number of thiazole rings is 1. The van der Waals surface area contributed by atoms with Crippen LogP contribution in [0, 0.1) is 0 Å². The Bertz CT molecular complexity index is 670. The van der Waals surface area contributed by atoms with Crippen LogP contribution in [0.5, 0.6) is 5.75 Å². The van der Waals surface area contributed by atoms with Crippen LogP contribution in [0.15, 0.2) is 29.6 Å². The van der Waals surface area contributed by atoms with Gasteiger partial charge in [0.25, 0.3) is 11.8 Å². The van der Waals surface area contributed by atoms with Gasteiger partial charge in [0.2, 0.25) is 0 Å². The van der Waals surface area contributed by atoms with E-state index >= 15 is 0 Å². The minimum atomic E-state index is -0.334. The Hall–Kier alpha value is -2.45. The van der Waals surface area contributed by atoms with Crippen LogP contribution in [-0.4, -0.2) is 42.2 Å². The Morgan fingerprint density at radius 2 is 2.00 bits per heavy atom. The Labute approximate surface area is 137 Å². The number of hydrogen-bond acceptors (Lipinski definition) is 6. The fraction of sp³-hybridized carbons (Fsp3) is 0.267. The van der Waals surface area contributed by atoms with Crippen LogP contribution in [-0.2, 0) is 0 Å². The maximum Gasteiger partial charge on any atom is 0.270 e. The number of methoxy groups -OCH3 is 1. The maximum atomic E-state index is 12.1. The van der Waals surface area contributed by atoms with Gasteiger partial charge in [0, 0.05) is 24.1 Å². The Balaban J connectivity index is 1.95. The van der Waals surface area contributed by atoms with Crippen molar-refractivity contribution in [1.82, 2.24) is 10.3 Å². The van der Waals surface area contributed by atoms with Crippen molar-refractivity contribution in [2.24, 2.45) is 0 Å². The van der Waals surface area contributed by atoms with Crippen LogP contribution < -0.4 is 15.4 Å². The number of anilines is 1. The standard InChI is InChI=1S/C15H17N3O4S/c1-22-11-5-3-10(4-6-11)13(20)18-15-17-12(9-23-15)14(21)16-7-2-8-19/h3-6,9,19H,2,7-8H2,1H3,(H,16,21)(H,17,18,20). The van der Waals surface area contributed by atoms with Gasteiger partial charge in [0.1, 0.15) is 11.4 Å². The molecular formula is C15H17N3O4S. The molecule has 0 spiro atoms. The zero-order valence-electron chi connectivity index (χ0n) is 12.5. The number of amides is 2. The molecule has 2 aromatic rings. The van der Waals surface area contributed by atoms with Crippen LogP contribution in [0.1, 0.15) is 27.3 Å². The highest BCUT2D eigenvalue weighted by atomic mass is 32.1. The predicted octanol–water partition coefficient (Wildman–Crippen LogP) is 1.52. The fourth-order valence-corrected chi connectivity index (χ4v) is 2.40. The largest absolute Gasteiger partial charge is 0.497 e. The first-order valence-electron chi connectivity index (χ1n) is 6.94. The zero-order valence-corrected chi connectivity index (χ0v) is 13.4. The van der Waals surface area contributed by atoms with Gasteiger partial charge in [-0.1, -0.05) is 0 Å². The molecule has 1 aromatic heterocycles. The fourth-order valence-electron chi connectivity index (χ4n) is 1.72. The van der Waals surface area contributed by atoms with Crippen molar-refractivity contribution < 1.29 is 19.4 Å². The Morgan fingerprint density at radius 3 is 2.65 bits per heavy atom. The minimum Gasteiger partial charge on any atom is -0.497 e. The van der Waals surface area contributed by atoms with Crippen LogP contribution in [0.25, 0.3) is 0 Å². The van der Waals surface area contributed by atoms with E-state index in [9.17, 15) is 9.59 Å².